The van der Waals surface area contributed by atoms with E-state index in [4.69, 9.17) is 28.9 Å². The average Bonchev–Trinajstić information content (AvgIpc) is 1.59. The lowest BCUT2D eigenvalue weighted by molar-refractivity contribution is 0.303. The first-order chi connectivity index (χ1) is 73.3. The van der Waals surface area contributed by atoms with Crippen molar-refractivity contribution in [2.24, 2.45) is 0 Å². The highest BCUT2D eigenvalue weighted by molar-refractivity contribution is 6.01. The zero-order valence-electron chi connectivity index (χ0n) is 84.6. The van der Waals surface area contributed by atoms with Gasteiger partial charge in [0.2, 0.25) is 0 Å². The molecular weight excluding hydrogens is 1820 g/mol. The number of hydrogen-bond acceptors (Lipinski definition) is 14. The summed E-state index contributed by atoms with van der Waals surface area (Å²) in [6, 6.07) is 56.1. The van der Waals surface area contributed by atoms with Crippen LogP contribution >= 0.6 is 0 Å². The zero-order chi connectivity index (χ0) is 101. The number of aromatic amines is 2. The first-order valence-corrected chi connectivity index (χ1v) is 52.0. The molecular formula is C132H118N12O4. The summed E-state index contributed by atoms with van der Waals surface area (Å²) in [5, 5.41) is 0. The Balaban J connectivity index is 1.02. The largest absolute Gasteiger partial charge is 0.491 e. The molecule has 11 aromatic heterocycles. The van der Waals surface area contributed by atoms with Gasteiger partial charge in [-0.05, 0) is 242 Å². The quantitative estimate of drug-likeness (QED) is 0.0278. The molecule has 0 saturated heterocycles. The predicted octanol–water partition coefficient (Wildman–Crippen LogP) is 28.6. The Hall–Kier alpha value is -17.6. The van der Waals surface area contributed by atoms with E-state index in [2.05, 4.69) is 269 Å². The number of H-pyrrole nitrogens is 2. The minimum atomic E-state index is 0.435. The minimum Gasteiger partial charge on any atom is -0.491 e. The number of pyridine rings is 8. The Morgan fingerprint density at radius 1 is 0.189 bits per heavy atom. The molecule has 148 heavy (non-hydrogen) atoms. The number of nitrogens with zero attached hydrogens (tertiary/aromatic N) is 10. The van der Waals surface area contributed by atoms with Crippen molar-refractivity contribution in [2.75, 3.05) is 26.4 Å². The molecule has 0 atom stereocenters. The second kappa shape index (κ2) is 54.2. The molecule has 13 heterocycles. The number of ether oxygens (including phenoxy) is 4. The molecule has 8 bridgehead atoms. The van der Waals surface area contributed by atoms with Crippen molar-refractivity contribution < 1.29 is 18.9 Å². The summed E-state index contributed by atoms with van der Waals surface area (Å²) in [6.45, 7) is 10.7. The summed E-state index contributed by atoms with van der Waals surface area (Å²) in [6.07, 6.45) is 62.2. The van der Waals surface area contributed by atoms with E-state index in [9.17, 15) is 0 Å². The molecule has 4 aromatic carbocycles. The van der Waals surface area contributed by atoms with Crippen LogP contribution in [0.4, 0.5) is 0 Å². The van der Waals surface area contributed by atoms with Crippen LogP contribution in [0.2, 0.25) is 0 Å². The summed E-state index contributed by atoms with van der Waals surface area (Å²) in [5.74, 6) is 59.7. The van der Waals surface area contributed by atoms with Gasteiger partial charge >= 0.3 is 0 Å². The molecule has 2 aliphatic rings. The lowest BCUT2D eigenvalue weighted by Crippen LogP contribution is -2.03. The Kier molecular flexibility index (Phi) is 37.3. The Bertz CT molecular complexity index is 6690. The third kappa shape index (κ3) is 28.5. The standard InChI is InChI=1S/C132H118N12O4/c1-5-9-13-17-21-25-85-145-129-105(37-29-97-53-69-133-70-54-97)89-113(90-106(129)38-30-98-55-71-134-72-56-98)125-117-45-47-119(141-117)126(114-91-107(39-31-99-57-73-135-74-58-99)130(146-86-26-22-18-14-10-6-2)108(92-114)40-32-100-59-75-136-76-60-100)121-49-51-123(143-121)128(116-95-111(43-35-103-65-81-139-82-66-103)132(148-88-28-24-20-16-12-8-4)112(96-116)44-36-104-67-83-140-84-68-104)124-52-50-122(144-124)127(120-48-46-118(125)142-120)115-93-109(41-33-101-61-77-137-78-62-101)131(147-87-27-23-19-15-11-7-3)110(94-115)42-34-102-63-79-138-80-64-102/h45-84,89-96,141,144H,5-28,85-88H2,1-4H3. The van der Waals surface area contributed by atoms with E-state index in [0.717, 1.165) is 195 Å². The molecule has 16 nitrogen and oxygen atoms in total. The third-order valence-electron chi connectivity index (χ3n) is 25.4. The van der Waals surface area contributed by atoms with Crippen molar-refractivity contribution in [3.63, 3.8) is 0 Å². The van der Waals surface area contributed by atoms with Gasteiger partial charge in [0.15, 0.2) is 23.0 Å². The summed E-state index contributed by atoms with van der Waals surface area (Å²) < 4.78 is 28.6. The first-order valence-electron chi connectivity index (χ1n) is 52.0. The number of fused-ring (bicyclic) bond motifs is 8. The molecule has 0 aliphatic carbocycles. The van der Waals surface area contributed by atoms with Gasteiger partial charge in [-0.25, -0.2) is 9.97 Å². The fourth-order valence-electron chi connectivity index (χ4n) is 17.7. The van der Waals surface area contributed by atoms with Gasteiger partial charge in [0.25, 0.3) is 0 Å². The number of rotatable bonds is 36. The molecule has 15 aromatic rings. The molecule has 0 fully saturated rings. The lowest BCUT2D eigenvalue weighted by Gasteiger charge is -2.15. The van der Waals surface area contributed by atoms with Crippen molar-refractivity contribution in [1.29, 1.82) is 0 Å². The fraction of sp³-hybridized carbons (Fsp3) is 0.242. The number of hydrogen-bond donors (Lipinski definition) is 2. The average molecular weight is 1940 g/mol. The van der Waals surface area contributed by atoms with Crippen molar-refractivity contribution >= 4 is 46.4 Å². The molecule has 2 N–H and O–H groups in total. The normalized spacial score (nSPS) is 10.8. The van der Waals surface area contributed by atoms with Crippen molar-refractivity contribution in [2.45, 2.75) is 182 Å². The Morgan fingerprint density at radius 3 is 0.507 bits per heavy atom. The zero-order valence-corrected chi connectivity index (χ0v) is 84.6. The van der Waals surface area contributed by atoms with Crippen LogP contribution in [0.3, 0.4) is 0 Å². The van der Waals surface area contributed by atoms with Gasteiger partial charge in [0.1, 0.15) is 0 Å². The summed E-state index contributed by atoms with van der Waals surface area (Å²) in [7, 11) is 0. The van der Waals surface area contributed by atoms with Gasteiger partial charge in [0.05, 0.1) is 93.7 Å². The topological polar surface area (TPSA) is 197 Å². The van der Waals surface area contributed by atoms with Gasteiger partial charge < -0.3 is 28.9 Å². The van der Waals surface area contributed by atoms with Gasteiger partial charge in [-0.15, -0.1) is 0 Å². The lowest BCUT2D eigenvalue weighted by atomic mass is 9.96. The molecule has 0 radical (unpaired) electrons. The molecule has 2 aliphatic heterocycles. The molecule has 17 rings (SSSR count). The van der Waals surface area contributed by atoms with Gasteiger partial charge in [-0.1, -0.05) is 251 Å². The maximum atomic E-state index is 7.15. The summed E-state index contributed by atoms with van der Waals surface area (Å²) in [5.41, 5.74) is 22.1. The predicted molar refractivity (Wildman–Crippen MR) is 598 cm³/mol. The van der Waals surface area contributed by atoms with E-state index < -0.39 is 0 Å². The van der Waals surface area contributed by atoms with Crippen LogP contribution in [0.1, 0.15) is 294 Å². The van der Waals surface area contributed by atoms with E-state index in [0.29, 0.717) is 161 Å². The Morgan fingerprint density at radius 2 is 0.345 bits per heavy atom. The van der Waals surface area contributed by atoms with E-state index in [1.807, 2.05) is 97.1 Å². The van der Waals surface area contributed by atoms with Gasteiger partial charge in [0, 0.05) is 188 Å². The summed E-state index contributed by atoms with van der Waals surface area (Å²) >= 11 is 0. The van der Waals surface area contributed by atoms with Crippen molar-refractivity contribution in [1.82, 2.24) is 59.8 Å². The monoisotopic (exact) mass is 1930 g/mol. The van der Waals surface area contributed by atoms with Crippen LogP contribution in [0.15, 0.2) is 269 Å². The first kappa shape index (κ1) is 102. The van der Waals surface area contributed by atoms with E-state index >= 15 is 0 Å². The Labute approximate surface area is 870 Å². The molecule has 0 unspecified atom stereocenters. The molecule has 730 valence electrons. The van der Waals surface area contributed by atoms with Crippen molar-refractivity contribution in [3.05, 3.63) is 381 Å². The molecule has 0 amide bonds. The van der Waals surface area contributed by atoms with Crippen LogP contribution < -0.4 is 18.9 Å². The van der Waals surface area contributed by atoms with E-state index in [1.165, 1.54) is 25.7 Å². The SMILES string of the molecule is CCCCCCCCOc1c(C#Cc2ccncc2)cc(-c2c3nc(c(-c4cc(C#Cc5ccncc5)c(OCCCCCCCC)c(C#Cc5ccncc5)c4)c4ccc([nH]4)c(-c4cc(C#Cc5ccncc5)c(OCCCCCCCC)c(C#Cc5ccncc5)c4)c4nc(c(-c5cc(C#Cc6ccncc6)c(OCCCCCCCC)c(C#Cc6ccncc6)c5)c5ccc2[nH]5)C=C4)C=C3)cc1C#Cc1ccncc1. The number of benzene rings is 4. The van der Waals surface area contributed by atoms with Crippen LogP contribution in [-0.2, 0) is 0 Å². The molecule has 0 spiro atoms. The van der Waals surface area contributed by atoms with Crippen LogP contribution in [-0.4, -0.2) is 86.2 Å². The van der Waals surface area contributed by atoms with Gasteiger partial charge in [-0.2, -0.15) is 0 Å². The molecule has 16 heteroatoms. The maximum absolute atomic E-state index is 7.15. The highest BCUT2D eigenvalue weighted by Crippen LogP contribution is 2.45. The number of aromatic nitrogens is 12. The summed E-state index contributed by atoms with van der Waals surface area (Å²) in [4.78, 5) is 55.6. The number of nitrogens with one attached hydrogen (secondary N) is 2. The second-order valence-electron chi connectivity index (χ2n) is 36.5. The van der Waals surface area contributed by atoms with Crippen molar-refractivity contribution in [3.8, 4) is 162 Å². The smallest absolute Gasteiger partial charge is 0.150 e. The van der Waals surface area contributed by atoms with Gasteiger partial charge in [-0.3, -0.25) is 39.9 Å². The highest BCUT2D eigenvalue weighted by atomic mass is 16.5. The highest BCUT2D eigenvalue weighted by Gasteiger charge is 2.26. The van der Waals surface area contributed by atoms with E-state index in [1.54, 1.807) is 99.1 Å². The second-order valence-corrected chi connectivity index (χ2v) is 36.5. The van der Waals surface area contributed by atoms with E-state index in [-0.39, 0.29) is 0 Å². The third-order valence-corrected chi connectivity index (χ3v) is 25.4. The fourth-order valence-corrected chi connectivity index (χ4v) is 17.7. The van der Waals surface area contributed by atoms with Crippen LogP contribution in [0.5, 0.6) is 23.0 Å². The molecule has 0 saturated carbocycles. The minimum absolute atomic E-state index is 0.435. The van der Waals surface area contributed by atoms with Crippen LogP contribution in [0, 0.1) is 94.7 Å². The maximum Gasteiger partial charge on any atom is 0.150 e. The number of unbranched alkanes of at least 4 members (excludes halogenated alkanes) is 20. The van der Waals surface area contributed by atoms with Crippen LogP contribution in [0.25, 0.3) is 90.9 Å².